The number of amides is 1. The first kappa shape index (κ1) is 12.6. The van der Waals surface area contributed by atoms with E-state index in [4.69, 9.17) is 0 Å². The van der Waals surface area contributed by atoms with E-state index in [1.165, 1.54) is 0 Å². The van der Waals surface area contributed by atoms with E-state index in [-0.39, 0.29) is 23.7 Å². The second-order valence-corrected chi connectivity index (χ2v) is 5.38. The number of carbonyl (C=O) groups excluding carboxylic acids is 2. The monoisotopic (exact) mass is 238 g/mol. The van der Waals surface area contributed by atoms with E-state index < -0.39 is 0 Å². The molecule has 0 saturated carbocycles. The number of Topliss-reactive ketones (excluding diaryl/α,β-unsaturated/α-hetero) is 1. The average Bonchev–Trinajstić information content (AvgIpc) is 2.29. The summed E-state index contributed by atoms with van der Waals surface area (Å²) in [7, 11) is 2.07. The van der Waals surface area contributed by atoms with Crippen molar-refractivity contribution < 1.29 is 9.59 Å². The predicted octanol–water partition coefficient (Wildman–Crippen LogP) is 0.908. The zero-order chi connectivity index (χ0) is 12.4. The first-order valence-corrected chi connectivity index (χ1v) is 6.58. The van der Waals surface area contributed by atoms with E-state index in [1.54, 1.807) is 6.92 Å². The van der Waals surface area contributed by atoms with Crippen LogP contribution >= 0.6 is 0 Å². The number of carbonyl (C=O) groups is 2. The van der Waals surface area contributed by atoms with Gasteiger partial charge in [-0.25, -0.2) is 0 Å². The number of likely N-dealkylation sites (tertiary alicyclic amines) is 2. The van der Waals surface area contributed by atoms with Crippen LogP contribution in [0.1, 0.15) is 32.6 Å². The smallest absolute Gasteiger partial charge is 0.222 e. The minimum absolute atomic E-state index is 0.0493. The van der Waals surface area contributed by atoms with Gasteiger partial charge in [0.15, 0.2) is 0 Å². The molecule has 96 valence electrons. The van der Waals surface area contributed by atoms with Crippen molar-refractivity contribution in [3.63, 3.8) is 0 Å². The Bertz CT molecular complexity index is 317. The molecule has 2 fully saturated rings. The highest BCUT2D eigenvalue weighted by molar-refractivity contribution is 5.82. The Kier molecular flexibility index (Phi) is 3.82. The van der Waals surface area contributed by atoms with E-state index in [1.807, 2.05) is 4.90 Å². The van der Waals surface area contributed by atoms with Crippen molar-refractivity contribution in [1.82, 2.24) is 9.80 Å². The fourth-order valence-electron chi connectivity index (χ4n) is 3.06. The van der Waals surface area contributed by atoms with Crippen molar-refractivity contribution in [3.05, 3.63) is 0 Å². The Hall–Kier alpha value is -0.900. The highest BCUT2D eigenvalue weighted by atomic mass is 16.2. The summed E-state index contributed by atoms with van der Waals surface area (Å²) in [5.74, 6) is 0.525. The van der Waals surface area contributed by atoms with E-state index in [9.17, 15) is 9.59 Å². The third kappa shape index (κ3) is 2.68. The second-order valence-electron chi connectivity index (χ2n) is 5.38. The summed E-state index contributed by atoms with van der Waals surface area (Å²) in [5, 5.41) is 0. The number of piperidine rings is 2. The van der Waals surface area contributed by atoms with Gasteiger partial charge in [-0.05, 0) is 39.8 Å². The Balaban J connectivity index is 2.13. The van der Waals surface area contributed by atoms with Crippen LogP contribution in [0.4, 0.5) is 0 Å². The van der Waals surface area contributed by atoms with Crippen molar-refractivity contribution in [3.8, 4) is 0 Å². The molecule has 0 radical (unpaired) electrons. The van der Waals surface area contributed by atoms with Gasteiger partial charge in [0.1, 0.15) is 5.78 Å². The van der Waals surface area contributed by atoms with Crippen LogP contribution in [-0.2, 0) is 9.59 Å². The molecular formula is C13H22N2O2. The van der Waals surface area contributed by atoms with Crippen LogP contribution in [0.3, 0.4) is 0 Å². The van der Waals surface area contributed by atoms with Gasteiger partial charge < -0.3 is 9.80 Å². The molecule has 2 atom stereocenters. The molecule has 0 aliphatic carbocycles. The lowest BCUT2D eigenvalue weighted by Crippen LogP contribution is -2.56. The molecule has 2 heterocycles. The van der Waals surface area contributed by atoms with Gasteiger partial charge >= 0.3 is 0 Å². The molecule has 2 saturated heterocycles. The molecule has 0 aromatic rings. The van der Waals surface area contributed by atoms with Crippen LogP contribution in [0.15, 0.2) is 0 Å². The Morgan fingerprint density at radius 2 is 2.06 bits per heavy atom. The fourth-order valence-corrected chi connectivity index (χ4v) is 3.06. The van der Waals surface area contributed by atoms with Gasteiger partial charge in [-0.3, -0.25) is 9.59 Å². The number of hydrogen-bond acceptors (Lipinski definition) is 3. The SMILES string of the molecule is CC(=O)[C@H]1CCN(C)C[C@@H]1N1CCCCC1=O. The summed E-state index contributed by atoms with van der Waals surface area (Å²) in [6.45, 7) is 4.30. The quantitative estimate of drug-likeness (QED) is 0.718. The van der Waals surface area contributed by atoms with Gasteiger partial charge in [0.05, 0.1) is 6.04 Å². The van der Waals surface area contributed by atoms with Crippen molar-refractivity contribution in [2.75, 3.05) is 26.7 Å². The van der Waals surface area contributed by atoms with Gasteiger partial charge in [-0.15, -0.1) is 0 Å². The van der Waals surface area contributed by atoms with E-state index in [0.717, 1.165) is 38.9 Å². The maximum Gasteiger partial charge on any atom is 0.222 e. The van der Waals surface area contributed by atoms with Crippen LogP contribution in [0.25, 0.3) is 0 Å². The Labute approximate surface area is 103 Å². The Morgan fingerprint density at radius 3 is 2.71 bits per heavy atom. The lowest BCUT2D eigenvalue weighted by molar-refractivity contribution is -0.140. The molecule has 0 aromatic heterocycles. The van der Waals surface area contributed by atoms with Crippen LogP contribution in [-0.4, -0.2) is 54.2 Å². The van der Waals surface area contributed by atoms with Crippen molar-refractivity contribution >= 4 is 11.7 Å². The van der Waals surface area contributed by atoms with E-state index >= 15 is 0 Å². The van der Waals surface area contributed by atoms with Crippen molar-refractivity contribution in [2.24, 2.45) is 5.92 Å². The summed E-state index contributed by atoms with van der Waals surface area (Å²) < 4.78 is 0. The van der Waals surface area contributed by atoms with Gasteiger partial charge in [-0.2, -0.15) is 0 Å². The molecule has 0 bridgehead atoms. The van der Waals surface area contributed by atoms with Crippen molar-refractivity contribution in [1.29, 1.82) is 0 Å². The largest absolute Gasteiger partial charge is 0.338 e. The van der Waals surface area contributed by atoms with Gasteiger partial charge in [0, 0.05) is 25.4 Å². The molecule has 4 nitrogen and oxygen atoms in total. The molecule has 0 unspecified atom stereocenters. The molecule has 0 N–H and O–H groups in total. The van der Waals surface area contributed by atoms with Crippen LogP contribution in [0.2, 0.25) is 0 Å². The molecule has 2 aliphatic heterocycles. The summed E-state index contributed by atoms with van der Waals surface area (Å²) in [6.07, 6.45) is 3.63. The lowest BCUT2D eigenvalue weighted by atomic mass is 9.86. The standard InChI is InChI=1S/C13H22N2O2/c1-10(16)11-6-8-14(2)9-12(11)15-7-4-3-5-13(15)17/h11-12H,3-9H2,1-2H3/t11-,12+/m1/s1. The number of rotatable bonds is 2. The average molecular weight is 238 g/mol. The molecule has 0 aromatic carbocycles. The summed E-state index contributed by atoms with van der Waals surface area (Å²) >= 11 is 0. The van der Waals surface area contributed by atoms with E-state index in [2.05, 4.69) is 11.9 Å². The normalized spacial score (nSPS) is 31.6. The highest BCUT2D eigenvalue weighted by Crippen LogP contribution is 2.25. The molecular weight excluding hydrogens is 216 g/mol. The van der Waals surface area contributed by atoms with Crippen LogP contribution in [0.5, 0.6) is 0 Å². The molecule has 17 heavy (non-hydrogen) atoms. The van der Waals surface area contributed by atoms with Crippen LogP contribution < -0.4 is 0 Å². The second kappa shape index (κ2) is 5.17. The fraction of sp³-hybridized carbons (Fsp3) is 0.846. The number of hydrogen-bond donors (Lipinski definition) is 0. The first-order valence-electron chi connectivity index (χ1n) is 6.58. The van der Waals surface area contributed by atoms with Gasteiger partial charge in [0.2, 0.25) is 5.91 Å². The summed E-state index contributed by atoms with van der Waals surface area (Å²) in [5.41, 5.74) is 0. The molecule has 2 aliphatic rings. The number of likely N-dealkylation sites (N-methyl/N-ethyl adjacent to an activating group) is 1. The zero-order valence-electron chi connectivity index (χ0n) is 10.8. The number of ketones is 1. The predicted molar refractivity (Wildman–Crippen MR) is 65.6 cm³/mol. The summed E-state index contributed by atoms with van der Waals surface area (Å²) in [4.78, 5) is 27.9. The maximum atomic E-state index is 12.0. The van der Waals surface area contributed by atoms with Gasteiger partial charge in [0.25, 0.3) is 0 Å². The third-order valence-corrected chi connectivity index (χ3v) is 4.07. The van der Waals surface area contributed by atoms with Crippen molar-refractivity contribution in [2.45, 2.75) is 38.6 Å². The summed E-state index contributed by atoms with van der Waals surface area (Å²) in [6, 6.07) is 0.110. The molecule has 4 heteroatoms. The highest BCUT2D eigenvalue weighted by Gasteiger charge is 2.37. The van der Waals surface area contributed by atoms with Gasteiger partial charge in [-0.1, -0.05) is 0 Å². The minimum atomic E-state index is 0.0493. The van der Waals surface area contributed by atoms with E-state index in [0.29, 0.717) is 6.42 Å². The Morgan fingerprint density at radius 1 is 1.29 bits per heavy atom. The lowest BCUT2D eigenvalue weighted by Gasteiger charge is -2.43. The first-order chi connectivity index (χ1) is 8.09. The third-order valence-electron chi connectivity index (χ3n) is 4.07. The van der Waals surface area contributed by atoms with Crippen LogP contribution in [0, 0.1) is 5.92 Å². The zero-order valence-corrected chi connectivity index (χ0v) is 10.8. The topological polar surface area (TPSA) is 40.6 Å². The maximum absolute atomic E-state index is 12.0. The minimum Gasteiger partial charge on any atom is -0.338 e. The molecule has 0 spiro atoms. The molecule has 1 amide bonds. The molecule has 2 rings (SSSR count). The number of nitrogens with zero attached hydrogens (tertiary/aromatic N) is 2.